The Labute approximate surface area is 72.9 Å². The van der Waals surface area contributed by atoms with Gasteiger partial charge in [0.1, 0.15) is 6.10 Å². The monoisotopic (exact) mass is 166 g/mol. The Hall–Kier alpha value is -1.05. The van der Waals surface area contributed by atoms with Crippen LogP contribution in [0, 0.1) is 0 Å². The topological polar surface area (TPSA) is 26.3 Å². The van der Waals surface area contributed by atoms with E-state index in [-0.39, 0.29) is 12.1 Å². The molecule has 0 saturated heterocycles. The van der Waals surface area contributed by atoms with Gasteiger partial charge in [0.25, 0.3) is 0 Å². The number of rotatable bonds is 1. The second-order valence-corrected chi connectivity index (χ2v) is 3.30. The normalized spacial score (nSPS) is 24.0. The Morgan fingerprint density at radius 1 is 1.75 bits per heavy atom. The summed E-state index contributed by atoms with van der Waals surface area (Å²) in [4.78, 5) is 11.1. The van der Waals surface area contributed by atoms with Gasteiger partial charge in [-0.15, -0.1) is 0 Å². The molecule has 0 aromatic heterocycles. The summed E-state index contributed by atoms with van der Waals surface area (Å²) >= 11 is 0. The van der Waals surface area contributed by atoms with Crippen molar-refractivity contribution in [2.75, 3.05) is 0 Å². The van der Waals surface area contributed by atoms with Crippen molar-refractivity contribution in [3.05, 3.63) is 23.8 Å². The Morgan fingerprint density at radius 3 is 3.00 bits per heavy atom. The molecule has 1 heterocycles. The van der Waals surface area contributed by atoms with Crippen LogP contribution in [0.2, 0.25) is 0 Å². The molecule has 0 fully saturated rings. The standard InChI is InChI=1S/C10H14O2/c1-7(2)9-5-4-8(3)6-10(11)12-9/h6,9H,1,4-5H2,2-3H3/t9-/m1/s1. The summed E-state index contributed by atoms with van der Waals surface area (Å²) in [5.74, 6) is -0.238. The number of hydrogen-bond donors (Lipinski definition) is 0. The zero-order valence-electron chi connectivity index (χ0n) is 7.59. The van der Waals surface area contributed by atoms with Gasteiger partial charge in [-0.3, -0.25) is 0 Å². The number of carbonyl (C=O) groups excluding carboxylic acids is 1. The van der Waals surface area contributed by atoms with E-state index in [1.165, 1.54) is 0 Å². The second kappa shape index (κ2) is 3.57. The van der Waals surface area contributed by atoms with Crippen LogP contribution in [0.5, 0.6) is 0 Å². The molecular formula is C10H14O2. The van der Waals surface area contributed by atoms with Crippen LogP contribution >= 0.6 is 0 Å². The van der Waals surface area contributed by atoms with E-state index in [1.54, 1.807) is 6.08 Å². The molecule has 66 valence electrons. The minimum Gasteiger partial charge on any atom is -0.455 e. The Bertz CT molecular complexity index is 238. The highest BCUT2D eigenvalue weighted by molar-refractivity contribution is 5.83. The molecule has 0 spiro atoms. The molecule has 2 heteroatoms. The first-order valence-electron chi connectivity index (χ1n) is 4.13. The first-order valence-corrected chi connectivity index (χ1v) is 4.13. The van der Waals surface area contributed by atoms with Gasteiger partial charge < -0.3 is 4.74 Å². The van der Waals surface area contributed by atoms with Crippen LogP contribution in [0.25, 0.3) is 0 Å². The quantitative estimate of drug-likeness (QED) is 0.441. The fourth-order valence-corrected chi connectivity index (χ4v) is 1.21. The molecule has 0 aromatic carbocycles. The molecule has 1 atom stereocenters. The molecule has 2 nitrogen and oxygen atoms in total. The van der Waals surface area contributed by atoms with E-state index in [0.717, 1.165) is 24.0 Å². The lowest BCUT2D eigenvalue weighted by Crippen LogP contribution is -2.15. The second-order valence-electron chi connectivity index (χ2n) is 3.30. The minimum absolute atomic E-state index is 0.0915. The van der Waals surface area contributed by atoms with E-state index in [1.807, 2.05) is 13.8 Å². The molecule has 1 aliphatic rings. The maximum absolute atomic E-state index is 11.1. The Morgan fingerprint density at radius 2 is 2.42 bits per heavy atom. The van der Waals surface area contributed by atoms with Crippen LogP contribution in [0.1, 0.15) is 26.7 Å². The average molecular weight is 166 g/mol. The van der Waals surface area contributed by atoms with Crippen LogP contribution in [0.15, 0.2) is 23.8 Å². The molecule has 0 radical (unpaired) electrons. The third kappa shape index (κ3) is 2.22. The van der Waals surface area contributed by atoms with Crippen molar-refractivity contribution in [3.8, 4) is 0 Å². The summed E-state index contributed by atoms with van der Waals surface area (Å²) in [6, 6.07) is 0. The number of cyclic esters (lactones) is 1. The van der Waals surface area contributed by atoms with Crippen molar-refractivity contribution in [2.24, 2.45) is 0 Å². The fraction of sp³-hybridized carbons (Fsp3) is 0.500. The van der Waals surface area contributed by atoms with E-state index in [2.05, 4.69) is 6.58 Å². The lowest BCUT2D eigenvalue weighted by molar-refractivity contribution is -0.141. The summed E-state index contributed by atoms with van der Waals surface area (Å²) in [5.41, 5.74) is 2.01. The van der Waals surface area contributed by atoms with Crippen LogP contribution in [-0.2, 0) is 9.53 Å². The first kappa shape index (κ1) is 9.04. The predicted octanol–water partition coefficient (Wildman–Crippen LogP) is 2.21. The Kier molecular flexibility index (Phi) is 2.69. The lowest BCUT2D eigenvalue weighted by atomic mass is 10.1. The van der Waals surface area contributed by atoms with Crippen molar-refractivity contribution >= 4 is 5.97 Å². The summed E-state index contributed by atoms with van der Waals surface area (Å²) in [6.07, 6.45) is 3.25. The SMILES string of the molecule is C=C(C)[C@H]1CCC(C)=CC(=O)O1. The largest absolute Gasteiger partial charge is 0.455 e. The minimum atomic E-state index is -0.238. The van der Waals surface area contributed by atoms with Gasteiger partial charge >= 0.3 is 5.97 Å². The average Bonchev–Trinajstić information content (AvgIpc) is 2.11. The van der Waals surface area contributed by atoms with Gasteiger partial charge in [0.15, 0.2) is 0 Å². The van der Waals surface area contributed by atoms with Gasteiger partial charge in [-0.2, -0.15) is 0 Å². The highest BCUT2D eigenvalue weighted by Gasteiger charge is 2.17. The Balaban J connectivity index is 2.68. The highest BCUT2D eigenvalue weighted by atomic mass is 16.5. The molecule has 0 saturated carbocycles. The van der Waals surface area contributed by atoms with Crippen molar-refractivity contribution in [3.63, 3.8) is 0 Å². The molecule has 0 bridgehead atoms. The first-order chi connectivity index (χ1) is 5.59. The summed E-state index contributed by atoms with van der Waals surface area (Å²) in [5, 5.41) is 0. The van der Waals surface area contributed by atoms with Crippen molar-refractivity contribution in [2.45, 2.75) is 32.8 Å². The number of allylic oxidation sites excluding steroid dienone is 1. The highest BCUT2D eigenvalue weighted by Crippen LogP contribution is 2.18. The maximum Gasteiger partial charge on any atom is 0.331 e. The van der Waals surface area contributed by atoms with E-state index in [9.17, 15) is 4.79 Å². The number of carbonyl (C=O) groups is 1. The lowest BCUT2D eigenvalue weighted by Gasteiger charge is -2.13. The van der Waals surface area contributed by atoms with Gasteiger partial charge in [-0.1, -0.05) is 12.2 Å². The number of esters is 1. The zero-order valence-corrected chi connectivity index (χ0v) is 7.59. The molecule has 12 heavy (non-hydrogen) atoms. The number of ether oxygens (including phenoxy) is 1. The van der Waals surface area contributed by atoms with E-state index in [4.69, 9.17) is 4.74 Å². The van der Waals surface area contributed by atoms with Gasteiger partial charge in [-0.05, 0) is 32.3 Å². The molecule has 0 N–H and O–H groups in total. The van der Waals surface area contributed by atoms with Crippen LogP contribution in [-0.4, -0.2) is 12.1 Å². The molecule has 0 aliphatic carbocycles. The van der Waals surface area contributed by atoms with Crippen LogP contribution in [0.3, 0.4) is 0 Å². The van der Waals surface area contributed by atoms with E-state index < -0.39 is 0 Å². The molecule has 0 amide bonds. The third-order valence-electron chi connectivity index (χ3n) is 1.97. The van der Waals surface area contributed by atoms with Gasteiger partial charge in [-0.25, -0.2) is 4.79 Å². The predicted molar refractivity (Wildman–Crippen MR) is 47.7 cm³/mol. The summed E-state index contributed by atoms with van der Waals surface area (Å²) in [6.45, 7) is 7.61. The molecule has 1 aliphatic heterocycles. The summed E-state index contributed by atoms with van der Waals surface area (Å²) in [7, 11) is 0. The van der Waals surface area contributed by atoms with Gasteiger partial charge in [0.05, 0.1) is 0 Å². The molecule has 0 unspecified atom stereocenters. The van der Waals surface area contributed by atoms with E-state index in [0.29, 0.717) is 0 Å². The van der Waals surface area contributed by atoms with Crippen molar-refractivity contribution in [1.29, 1.82) is 0 Å². The van der Waals surface area contributed by atoms with Crippen LogP contribution in [0.4, 0.5) is 0 Å². The van der Waals surface area contributed by atoms with Crippen molar-refractivity contribution < 1.29 is 9.53 Å². The fourth-order valence-electron chi connectivity index (χ4n) is 1.21. The van der Waals surface area contributed by atoms with E-state index >= 15 is 0 Å². The smallest absolute Gasteiger partial charge is 0.331 e. The van der Waals surface area contributed by atoms with Gasteiger partial charge in [0.2, 0.25) is 0 Å². The number of hydrogen-bond acceptors (Lipinski definition) is 2. The van der Waals surface area contributed by atoms with Crippen molar-refractivity contribution in [1.82, 2.24) is 0 Å². The maximum atomic E-state index is 11.1. The van der Waals surface area contributed by atoms with Gasteiger partial charge in [0, 0.05) is 6.08 Å². The summed E-state index contributed by atoms with van der Waals surface area (Å²) < 4.78 is 5.13. The third-order valence-corrected chi connectivity index (χ3v) is 1.97. The molecular weight excluding hydrogens is 152 g/mol. The van der Waals surface area contributed by atoms with Crippen LogP contribution < -0.4 is 0 Å². The zero-order chi connectivity index (χ0) is 9.14. The molecule has 0 aromatic rings. The molecule has 1 rings (SSSR count).